The fraction of sp³-hybridized carbons (Fsp3) is 0.125. The van der Waals surface area contributed by atoms with Gasteiger partial charge in [0.05, 0.1) is 0 Å². The molecule has 0 bridgehead atoms. The second-order valence-corrected chi connectivity index (χ2v) is 5.25. The zero-order valence-electron chi connectivity index (χ0n) is 13.4. The van der Waals surface area contributed by atoms with Gasteiger partial charge in [-0.05, 0) is 36.4 Å². The number of carbonyl (C=O) groups excluding carboxylic acids is 2. The SMILES string of the molecule is Cc1ccc(C(=O)NNC(=O)Cn2nnc(-c3cccnc3)n2)cc1. The minimum atomic E-state index is -0.476. The van der Waals surface area contributed by atoms with Gasteiger partial charge in [0.2, 0.25) is 5.82 Å². The molecule has 0 atom stereocenters. The molecule has 0 fully saturated rings. The normalized spacial score (nSPS) is 10.3. The minimum absolute atomic E-state index is 0.179. The number of carbonyl (C=O) groups is 2. The lowest BCUT2D eigenvalue weighted by Crippen LogP contribution is -2.43. The number of pyridine rings is 1. The van der Waals surface area contributed by atoms with Crippen molar-refractivity contribution in [3.8, 4) is 11.4 Å². The van der Waals surface area contributed by atoms with E-state index < -0.39 is 11.8 Å². The van der Waals surface area contributed by atoms with E-state index in [0.29, 0.717) is 17.0 Å². The fourth-order valence-corrected chi connectivity index (χ4v) is 1.99. The molecule has 3 aromatic rings. The molecule has 9 heteroatoms. The lowest BCUT2D eigenvalue weighted by molar-refractivity contribution is -0.122. The van der Waals surface area contributed by atoms with Crippen LogP contribution in [0.1, 0.15) is 15.9 Å². The van der Waals surface area contributed by atoms with Crippen molar-refractivity contribution in [1.82, 2.24) is 36.0 Å². The van der Waals surface area contributed by atoms with Gasteiger partial charge in [-0.2, -0.15) is 4.80 Å². The monoisotopic (exact) mass is 337 g/mol. The Labute approximate surface area is 143 Å². The predicted octanol–water partition coefficient (Wildman–Crippen LogP) is 0.505. The van der Waals surface area contributed by atoms with E-state index in [2.05, 4.69) is 31.2 Å². The average Bonchev–Trinajstić information content (AvgIpc) is 3.09. The van der Waals surface area contributed by atoms with Crippen LogP contribution in [0.2, 0.25) is 0 Å². The third-order valence-electron chi connectivity index (χ3n) is 3.29. The molecular formula is C16H15N7O2. The molecule has 0 radical (unpaired) electrons. The molecule has 0 saturated heterocycles. The number of hydrogen-bond donors (Lipinski definition) is 2. The van der Waals surface area contributed by atoms with Gasteiger partial charge in [-0.1, -0.05) is 17.7 Å². The highest BCUT2D eigenvalue weighted by Crippen LogP contribution is 2.10. The number of hydrogen-bond acceptors (Lipinski definition) is 6. The van der Waals surface area contributed by atoms with E-state index in [4.69, 9.17) is 0 Å². The molecule has 25 heavy (non-hydrogen) atoms. The zero-order chi connectivity index (χ0) is 17.6. The molecule has 1 aromatic carbocycles. The van der Waals surface area contributed by atoms with E-state index in [9.17, 15) is 9.59 Å². The summed E-state index contributed by atoms with van der Waals surface area (Å²) in [5.74, 6) is -0.517. The topological polar surface area (TPSA) is 115 Å². The molecular weight excluding hydrogens is 322 g/mol. The quantitative estimate of drug-likeness (QED) is 0.670. The van der Waals surface area contributed by atoms with Gasteiger partial charge in [-0.25, -0.2) is 0 Å². The van der Waals surface area contributed by atoms with Gasteiger partial charge in [0.15, 0.2) is 0 Å². The third-order valence-corrected chi connectivity index (χ3v) is 3.29. The summed E-state index contributed by atoms with van der Waals surface area (Å²) in [6.07, 6.45) is 3.24. The maximum absolute atomic E-state index is 11.9. The maximum Gasteiger partial charge on any atom is 0.269 e. The summed E-state index contributed by atoms with van der Waals surface area (Å²) in [6, 6.07) is 10.5. The Morgan fingerprint density at radius 2 is 1.92 bits per heavy atom. The van der Waals surface area contributed by atoms with Crippen molar-refractivity contribution in [1.29, 1.82) is 0 Å². The van der Waals surface area contributed by atoms with Crippen LogP contribution in [-0.4, -0.2) is 37.0 Å². The van der Waals surface area contributed by atoms with E-state index in [1.165, 1.54) is 0 Å². The van der Waals surface area contributed by atoms with Gasteiger partial charge in [0.25, 0.3) is 11.8 Å². The van der Waals surface area contributed by atoms with Crippen LogP contribution in [0.4, 0.5) is 0 Å². The van der Waals surface area contributed by atoms with Gasteiger partial charge in [-0.15, -0.1) is 10.2 Å². The molecule has 0 aliphatic heterocycles. The predicted molar refractivity (Wildman–Crippen MR) is 87.8 cm³/mol. The van der Waals surface area contributed by atoms with Crippen molar-refractivity contribution in [2.75, 3.05) is 0 Å². The molecule has 2 heterocycles. The van der Waals surface area contributed by atoms with E-state index in [1.807, 2.05) is 19.1 Å². The van der Waals surface area contributed by atoms with Crippen LogP contribution in [0, 0.1) is 6.92 Å². The van der Waals surface area contributed by atoms with Crippen molar-refractivity contribution < 1.29 is 9.59 Å². The fourth-order valence-electron chi connectivity index (χ4n) is 1.99. The first-order valence-corrected chi connectivity index (χ1v) is 7.46. The number of nitrogens with zero attached hydrogens (tertiary/aromatic N) is 5. The first kappa shape index (κ1) is 16.2. The molecule has 2 N–H and O–H groups in total. The van der Waals surface area contributed by atoms with Gasteiger partial charge < -0.3 is 0 Å². The molecule has 9 nitrogen and oxygen atoms in total. The summed E-state index contributed by atoms with van der Waals surface area (Å²) in [5.41, 5.74) is 6.84. The second kappa shape index (κ2) is 7.30. The molecule has 0 aliphatic carbocycles. The summed E-state index contributed by atoms with van der Waals surface area (Å²) in [7, 11) is 0. The van der Waals surface area contributed by atoms with Gasteiger partial charge in [-0.3, -0.25) is 25.4 Å². The number of rotatable bonds is 4. The third kappa shape index (κ3) is 4.22. The molecule has 2 amide bonds. The van der Waals surface area contributed by atoms with Crippen LogP contribution in [0.3, 0.4) is 0 Å². The molecule has 2 aromatic heterocycles. The molecule has 0 unspecified atom stereocenters. The lowest BCUT2D eigenvalue weighted by atomic mass is 10.1. The van der Waals surface area contributed by atoms with E-state index in [0.717, 1.165) is 10.4 Å². The van der Waals surface area contributed by atoms with Crippen LogP contribution < -0.4 is 10.9 Å². The first-order valence-electron chi connectivity index (χ1n) is 7.46. The number of nitrogens with one attached hydrogen (secondary N) is 2. The lowest BCUT2D eigenvalue weighted by Gasteiger charge is -2.07. The van der Waals surface area contributed by atoms with E-state index in [-0.39, 0.29) is 6.54 Å². The molecule has 126 valence electrons. The highest BCUT2D eigenvalue weighted by atomic mass is 16.2. The number of tetrazole rings is 1. The smallest absolute Gasteiger partial charge is 0.269 e. The summed E-state index contributed by atoms with van der Waals surface area (Å²) in [5, 5.41) is 11.8. The minimum Gasteiger partial charge on any atom is -0.271 e. The summed E-state index contributed by atoms with van der Waals surface area (Å²) >= 11 is 0. The largest absolute Gasteiger partial charge is 0.271 e. The first-order chi connectivity index (χ1) is 12.1. The van der Waals surface area contributed by atoms with Crippen LogP contribution in [0.25, 0.3) is 11.4 Å². The zero-order valence-corrected chi connectivity index (χ0v) is 13.4. The Morgan fingerprint density at radius 3 is 2.64 bits per heavy atom. The Kier molecular flexibility index (Phi) is 4.74. The Morgan fingerprint density at radius 1 is 1.12 bits per heavy atom. The number of aromatic nitrogens is 5. The molecule has 0 aliphatic rings. The van der Waals surface area contributed by atoms with Crippen molar-refractivity contribution in [2.45, 2.75) is 13.5 Å². The number of amides is 2. The summed E-state index contributed by atoms with van der Waals surface area (Å²) < 4.78 is 0. The van der Waals surface area contributed by atoms with Crippen LogP contribution in [0.5, 0.6) is 0 Å². The van der Waals surface area contributed by atoms with Gasteiger partial charge in [0, 0.05) is 23.5 Å². The van der Waals surface area contributed by atoms with E-state index >= 15 is 0 Å². The van der Waals surface area contributed by atoms with Crippen LogP contribution in [0.15, 0.2) is 48.8 Å². The Bertz CT molecular complexity index is 875. The summed E-state index contributed by atoms with van der Waals surface area (Å²) in [4.78, 5) is 28.9. The standard InChI is InChI=1S/C16H15N7O2/c1-11-4-6-12(7-5-11)16(25)20-18-14(24)10-23-21-15(19-22-23)13-3-2-8-17-9-13/h2-9H,10H2,1H3,(H,18,24)(H,20,25). The highest BCUT2D eigenvalue weighted by molar-refractivity contribution is 5.95. The number of aryl methyl sites for hydroxylation is 1. The van der Waals surface area contributed by atoms with Gasteiger partial charge in [0.1, 0.15) is 6.54 Å². The molecule has 0 saturated carbocycles. The highest BCUT2D eigenvalue weighted by Gasteiger charge is 2.11. The second-order valence-electron chi connectivity index (χ2n) is 5.25. The molecule has 0 spiro atoms. The van der Waals surface area contributed by atoms with Crippen molar-refractivity contribution in [3.05, 3.63) is 59.9 Å². The van der Waals surface area contributed by atoms with Crippen LogP contribution in [-0.2, 0) is 11.3 Å². The number of hydrazine groups is 1. The maximum atomic E-state index is 11.9. The van der Waals surface area contributed by atoms with Crippen molar-refractivity contribution in [3.63, 3.8) is 0 Å². The number of benzene rings is 1. The van der Waals surface area contributed by atoms with Crippen LogP contribution >= 0.6 is 0 Å². The van der Waals surface area contributed by atoms with Gasteiger partial charge >= 0.3 is 0 Å². The van der Waals surface area contributed by atoms with Crippen molar-refractivity contribution in [2.24, 2.45) is 0 Å². The average molecular weight is 337 g/mol. The summed E-state index contributed by atoms with van der Waals surface area (Å²) in [6.45, 7) is 1.75. The Balaban J connectivity index is 1.54. The van der Waals surface area contributed by atoms with E-state index in [1.54, 1.807) is 36.7 Å². The van der Waals surface area contributed by atoms with Crippen molar-refractivity contribution >= 4 is 11.8 Å². The molecule has 3 rings (SSSR count). The Hall–Kier alpha value is -3.62.